The largest absolute Gasteiger partial charge is 0.496 e. The Bertz CT molecular complexity index is 778. The second-order valence-electron chi connectivity index (χ2n) is 8.07. The van der Waals surface area contributed by atoms with Crippen molar-refractivity contribution >= 4 is 10.8 Å². The predicted molar refractivity (Wildman–Crippen MR) is 106 cm³/mol. The summed E-state index contributed by atoms with van der Waals surface area (Å²) in [7, 11) is 3.98. The zero-order valence-electron chi connectivity index (χ0n) is 15.9. The molecule has 2 fully saturated rings. The summed E-state index contributed by atoms with van der Waals surface area (Å²) in [6.07, 6.45) is 3.43. The monoisotopic (exact) mass is 354 g/mol. The number of hydrogen-bond acceptors (Lipinski definition) is 4. The molecule has 140 valence electrons. The van der Waals surface area contributed by atoms with Crippen LogP contribution in [-0.2, 0) is 6.54 Å². The summed E-state index contributed by atoms with van der Waals surface area (Å²) in [5.41, 5.74) is 1.37. The number of rotatable bonds is 4. The third-order valence-corrected chi connectivity index (χ3v) is 6.70. The van der Waals surface area contributed by atoms with Gasteiger partial charge in [-0.2, -0.15) is 0 Å². The lowest BCUT2D eigenvalue weighted by Crippen LogP contribution is -2.61. The van der Waals surface area contributed by atoms with E-state index in [4.69, 9.17) is 4.74 Å². The van der Waals surface area contributed by atoms with E-state index in [2.05, 4.69) is 53.2 Å². The van der Waals surface area contributed by atoms with Crippen LogP contribution in [0.2, 0.25) is 0 Å². The average molecular weight is 354 g/mol. The molecule has 4 rings (SSSR count). The summed E-state index contributed by atoms with van der Waals surface area (Å²) in [6.45, 7) is 4.41. The number of nitrogens with zero attached hydrogens (tertiary/aromatic N) is 2. The van der Waals surface area contributed by atoms with E-state index in [0.29, 0.717) is 12.6 Å². The Morgan fingerprint density at radius 3 is 2.81 bits per heavy atom. The van der Waals surface area contributed by atoms with E-state index in [1.165, 1.54) is 22.8 Å². The lowest BCUT2D eigenvalue weighted by atomic mass is 9.69. The van der Waals surface area contributed by atoms with Crippen molar-refractivity contribution in [2.75, 3.05) is 40.4 Å². The number of likely N-dealkylation sites (N-methyl/N-ethyl adjacent to an activating group) is 1. The Kier molecular flexibility index (Phi) is 4.91. The Labute approximate surface area is 156 Å². The first-order chi connectivity index (χ1) is 12.7. The van der Waals surface area contributed by atoms with E-state index in [1.807, 2.05) is 0 Å². The van der Waals surface area contributed by atoms with Crippen molar-refractivity contribution in [3.8, 4) is 5.75 Å². The van der Waals surface area contributed by atoms with Crippen LogP contribution in [0.15, 0.2) is 36.4 Å². The molecule has 0 aliphatic carbocycles. The highest BCUT2D eigenvalue weighted by Crippen LogP contribution is 2.42. The first-order valence-corrected chi connectivity index (χ1v) is 9.75. The zero-order chi connectivity index (χ0) is 18.1. The molecule has 0 spiro atoms. The van der Waals surface area contributed by atoms with Gasteiger partial charge in [0.1, 0.15) is 5.75 Å². The third kappa shape index (κ3) is 3.00. The van der Waals surface area contributed by atoms with Gasteiger partial charge in [0.2, 0.25) is 0 Å². The van der Waals surface area contributed by atoms with E-state index in [0.717, 1.165) is 44.8 Å². The van der Waals surface area contributed by atoms with E-state index < -0.39 is 0 Å². The normalized spacial score (nSPS) is 27.4. The Morgan fingerprint density at radius 1 is 1.15 bits per heavy atom. The predicted octanol–water partition coefficient (Wildman–Crippen LogP) is 3.13. The van der Waals surface area contributed by atoms with Crippen LogP contribution in [0.25, 0.3) is 10.8 Å². The SMILES string of the molecule is COc1ccc2ccccc2c1CN1CC[C@@]2(CO)CCCN(C)[C@@H]2C1. The van der Waals surface area contributed by atoms with Gasteiger partial charge in [0.15, 0.2) is 0 Å². The average Bonchev–Trinajstić information content (AvgIpc) is 2.69. The van der Waals surface area contributed by atoms with Crippen molar-refractivity contribution < 1.29 is 9.84 Å². The first kappa shape index (κ1) is 17.8. The molecule has 1 N–H and O–H groups in total. The van der Waals surface area contributed by atoms with Gasteiger partial charge in [-0.25, -0.2) is 0 Å². The quantitative estimate of drug-likeness (QED) is 0.915. The van der Waals surface area contributed by atoms with Crippen LogP contribution in [0.1, 0.15) is 24.8 Å². The molecule has 0 aromatic heterocycles. The summed E-state index contributed by atoms with van der Waals surface area (Å²) in [6, 6.07) is 13.2. The van der Waals surface area contributed by atoms with Gasteiger partial charge in [-0.15, -0.1) is 0 Å². The topological polar surface area (TPSA) is 35.9 Å². The Hall–Kier alpha value is -1.62. The standard InChI is InChI=1S/C22H30N2O2/c1-23-12-5-10-22(16-25)11-13-24(15-21(22)23)14-19-18-7-4-3-6-17(18)8-9-20(19)26-2/h3-4,6-9,21,25H,5,10-16H2,1-2H3/t21-,22-/m1/s1. The van der Waals surface area contributed by atoms with Gasteiger partial charge in [0.05, 0.1) is 13.7 Å². The van der Waals surface area contributed by atoms with Crippen LogP contribution >= 0.6 is 0 Å². The molecule has 0 bridgehead atoms. The summed E-state index contributed by atoms with van der Waals surface area (Å²) >= 11 is 0. The molecule has 4 heteroatoms. The molecule has 0 saturated carbocycles. The van der Waals surface area contributed by atoms with E-state index in [9.17, 15) is 5.11 Å². The zero-order valence-corrected chi connectivity index (χ0v) is 15.9. The number of piperidine rings is 2. The molecule has 0 radical (unpaired) electrons. The first-order valence-electron chi connectivity index (χ1n) is 9.75. The summed E-state index contributed by atoms with van der Waals surface area (Å²) < 4.78 is 5.69. The second-order valence-corrected chi connectivity index (χ2v) is 8.07. The molecule has 2 aromatic carbocycles. The van der Waals surface area contributed by atoms with Crippen LogP contribution in [0, 0.1) is 5.41 Å². The van der Waals surface area contributed by atoms with Crippen LogP contribution in [0.5, 0.6) is 5.75 Å². The number of aliphatic hydroxyl groups excluding tert-OH is 1. The summed E-state index contributed by atoms with van der Waals surface area (Å²) in [4.78, 5) is 5.01. The molecule has 2 atom stereocenters. The van der Waals surface area contributed by atoms with Crippen LogP contribution in [0.4, 0.5) is 0 Å². The smallest absolute Gasteiger partial charge is 0.123 e. The molecule has 0 unspecified atom stereocenters. The van der Waals surface area contributed by atoms with Gasteiger partial charge in [-0.05, 0) is 56.2 Å². The van der Waals surface area contributed by atoms with E-state index in [1.54, 1.807) is 7.11 Å². The number of hydrogen-bond donors (Lipinski definition) is 1. The van der Waals surface area contributed by atoms with Gasteiger partial charge in [-0.1, -0.05) is 30.3 Å². The maximum absolute atomic E-state index is 10.1. The van der Waals surface area contributed by atoms with Crippen LogP contribution < -0.4 is 4.74 Å². The van der Waals surface area contributed by atoms with Crippen LogP contribution in [-0.4, -0.2) is 61.3 Å². The minimum atomic E-state index is 0.0896. The molecular formula is C22H30N2O2. The number of likely N-dealkylation sites (tertiary alicyclic amines) is 2. The molecule has 26 heavy (non-hydrogen) atoms. The molecule has 4 nitrogen and oxygen atoms in total. The Morgan fingerprint density at radius 2 is 2.00 bits per heavy atom. The second kappa shape index (κ2) is 7.18. The van der Waals surface area contributed by atoms with Crippen molar-refractivity contribution in [2.45, 2.75) is 31.8 Å². The molecule has 2 saturated heterocycles. The van der Waals surface area contributed by atoms with E-state index >= 15 is 0 Å². The molecule has 2 aliphatic heterocycles. The molecular weight excluding hydrogens is 324 g/mol. The number of aliphatic hydroxyl groups is 1. The van der Waals surface area contributed by atoms with Gasteiger partial charge < -0.3 is 14.7 Å². The highest BCUT2D eigenvalue weighted by molar-refractivity contribution is 5.87. The number of methoxy groups -OCH3 is 1. The van der Waals surface area contributed by atoms with Crippen LogP contribution in [0.3, 0.4) is 0 Å². The number of ether oxygens (including phenoxy) is 1. The fraction of sp³-hybridized carbons (Fsp3) is 0.545. The minimum Gasteiger partial charge on any atom is -0.496 e. The number of benzene rings is 2. The number of fused-ring (bicyclic) bond motifs is 2. The van der Waals surface area contributed by atoms with Crippen molar-refractivity contribution in [3.63, 3.8) is 0 Å². The Balaban J connectivity index is 1.62. The maximum atomic E-state index is 10.1. The summed E-state index contributed by atoms with van der Waals surface area (Å²) in [5, 5.41) is 12.7. The molecule has 2 aliphatic rings. The maximum Gasteiger partial charge on any atom is 0.123 e. The van der Waals surface area contributed by atoms with Gasteiger partial charge in [-0.3, -0.25) is 4.90 Å². The highest BCUT2D eigenvalue weighted by atomic mass is 16.5. The van der Waals surface area contributed by atoms with Crippen molar-refractivity contribution in [2.24, 2.45) is 5.41 Å². The van der Waals surface area contributed by atoms with Gasteiger partial charge in [0, 0.05) is 30.1 Å². The summed E-state index contributed by atoms with van der Waals surface area (Å²) in [5.74, 6) is 0.972. The van der Waals surface area contributed by atoms with Gasteiger partial charge in [0.25, 0.3) is 0 Å². The third-order valence-electron chi connectivity index (χ3n) is 6.70. The van der Waals surface area contributed by atoms with Crippen molar-refractivity contribution in [3.05, 3.63) is 42.0 Å². The van der Waals surface area contributed by atoms with Gasteiger partial charge >= 0.3 is 0 Å². The fourth-order valence-electron chi connectivity index (χ4n) is 5.11. The molecule has 2 heterocycles. The molecule has 2 aromatic rings. The lowest BCUT2D eigenvalue weighted by molar-refractivity contribution is -0.0684. The van der Waals surface area contributed by atoms with Crippen molar-refractivity contribution in [1.29, 1.82) is 0 Å². The molecule has 0 amide bonds. The minimum absolute atomic E-state index is 0.0896. The highest BCUT2D eigenvalue weighted by Gasteiger charge is 2.46. The van der Waals surface area contributed by atoms with E-state index in [-0.39, 0.29) is 5.41 Å². The fourth-order valence-corrected chi connectivity index (χ4v) is 5.11. The lowest BCUT2D eigenvalue weighted by Gasteiger charge is -2.53. The van der Waals surface area contributed by atoms with Crippen molar-refractivity contribution in [1.82, 2.24) is 9.80 Å².